The first kappa shape index (κ1) is 23.2. The van der Waals surface area contributed by atoms with Crippen molar-refractivity contribution in [1.29, 1.82) is 0 Å². The number of sulfonamides is 1. The lowest BCUT2D eigenvalue weighted by Gasteiger charge is -2.30. The second-order valence-electron chi connectivity index (χ2n) is 8.65. The molecule has 0 aliphatic heterocycles. The van der Waals surface area contributed by atoms with Crippen molar-refractivity contribution in [2.24, 2.45) is 0 Å². The zero-order valence-corrected chi connectivity index (χ0v) is 19.9. The van der Waals surface area contributed by atoms with Crippen molar-refractivity contribution in [1.82, 2.24) is 14.1 Å². The Balaban J connectivity index is 1.49. The van der Waals surface area contributed by atoms with Crippen LogP contribution in [0, 0.1) is 6.92 Å². The van der Waals surface area contributed by atoms with Crippen molar-refractivity contribution in [3.8, 4) is 0 Å². The zero-order valence-electron chi connectivity index (χ0n) is 19.1. The largest absolute Gasteiger partial charge is 0.307 e. The minimum absolute atomic E-state index is 0.0114. The van der Waals surface area contributed by atoms with Gasteiger partial charge in [0, 0.05) is 24.7 Å². The lowest BCUT2D eigenvalue weighted by Crippen LogP contribution is -2.38. The van der Waals surface area contributed by atoms with Crippen LogP contribution in [0.15, 0.2) is 65.7 Å². The SMILES string of the molecule is Cc1ccc(Cn2nccc2NC(=O)c2cccc(S(=O)(=O)N(C)C3CCCCC3)c2)cc1. The van der Waals surface area contributed by atoms with Gasteiger partial charge in [0.25, 0.3) is 5.91 Å². The van der Waals surface area contributed by atoms with E-state index >= 15 is 0 Å². The molecule has 1 N–H and O–H groups in total. The van der Waals surface area contributed by atoms with Gasteiger partial charge < -0.3 is 5.32 Å². The van der Waals surface area contributed by atoms with Gasteiger partial charge in [-0.25, -0.2) is 13.1 Å². The fourth-order valence-electron chi connectivity index (χ4n) is 4.22. The number of aromatic nitrogens is 2. The first-order valence-electron chi connectivity index (χ1n) is 11.3. The lowest BCUT2D eigenvalue weighted by molar-refractivity contribution is 0.102. The van der Waals surface area contributed by atoms with Crippen LogP contribution in [-0.2, 0) is 16.6 Å². The van der Waals surface area contributed by atoms with Gasteiger partial charge in [0.1, 0.15) is 5.82 Å². The van der Waals surface area contributed by atoms with Crippen LogP contribution in [0.5, 0.6) is 0 Å². The number of carbonyl (C=O) groups excluding carboxylic acids is 1. The topological polar surface area (TPSA) is 84.3 Å². The van der Waals surface area contributed by atoms with Crippen LogP contribution >= 0.6 is 0 Å². The van der Waals surface area contributed by atoms with E-state index in [0.717, 1.165) is 37.7 Å². The molecular weight excluding hydrogens is 436 g/mol. The van der Waals surface area contributed by atoms with Crippen LogP contribution in [0.25, 0.3) is 0 Å². The van der Waals surface area contributed by atoms with Crippen molar-refractivity contribution in [2.45, 2.75) is 56.5 Å². The maximum absolute atomic E-state index is 13.2. The summed E-state index contributed by atoms with van der Waals surface area (Å²) in [5, 5.41) is 7.17. The molecule has 0 spiro atoms. The van der Waals surface area contributed by atoms with E-state index in [4.69, 9.17) is 0 Å². The van der Waals surface area contributed by atoms with Crippen molar-refractivity contribution in [3.63, 3.8) is 0 Å². The highest BCUT2D eigenvalue weighted by Gasteiger charge is 2.29. The molecule has 1 aromatic heterocycles. The van der Waals surface area contributed by atoms with E-state index in [1.165, 1.54) is 15.9 Å². The molecule has 1 aliphatic carbocycles. The molecule has 1 fully saturated rings. The van der Waals surface area contributed by atoms with Crippen molar-refractivity contribution < 1.29 is 13.2 Å². The van der Waals surface area contributed by atoms with Gasteiger partial charge in [0.2, 0.25) is 10.0 Å². The maximum Gasteiger partial charge on any atom is 0.256 e. The number of rotatable bonds is 7. The fraction of sp³-hybridized carbons (Fsp3) is 0.360. The highest BCUT2D eigenvalue weighted by Crippen LogP contribution is 2.27. The lowest BCUT2D eigenvalue weighted by atomic mass is 9.96. The number of nitrogens with zero attached hydrogens (tertiary/aromatic N) is 3. The number of aryl methyl sites for hydroxylation is 1. The van der Waals surface area contributed by atoms with E-state index in [1.54, 1.807) is 42.2 Å². The second kappa shape index (κ2) is 9.89. The van der Waals surface area contributed by atoms with Gasteiger partial charge in [-0.15, -0.1) is 0 Å². The van der Waals surface area contributed by atoms with Crippen LogP contribution in [0.3, 0.4) is 0 Å². The first-order chi connectivity index (χ1) is 15.8. The summed E-state index contributed by atoms with van der Waals surface area (Å²) in [6, 6.07) is 16.1. The van der Waals surface area contributed by atoms with Gasteiger partial charge >= 0.3 is 0 Å². The Hall–Kier alpha value is -2.97. The molecule has 7 nitrogen and oxygen atoms in total. The molecule has 1 aliphatic rings. The molecule has 33 heavy (non-hydrogen) atoms. The number of carbonyl (C=O) groups is 1. The van der Waals surface area contributed by atoms with Crippen LogP contribution in [0.1, 0.15) is 53.6 Å². The summed E-state index contributed by atoms with van der Waals surface area (Å²) in [5.41, 5.74) is 2.53. The average Bonchev–Trinajstić information content (AvgIpc) is 3.27. The highest BCUT2D eigenvalue weighted by atomic mass is 32.2. The van der Waals surface area contributed by atoms with Gasteiger partial charge in [0.05, 0.1) is 17.6 Å². The minimum atomic E-state index is -3.67. The van der Waals surface area contributed by atoms with E-state index in [-0.39, 0.29) is 22.4 Å². The molecule has 0 bridgehead atoms. The smallest absolute Gasteiger partial charge is 0.256 e. The quantitative estimate of drug-likeness (QED) is 0.558. The summed E-state index contributed by atoms with van der Waals surface area (Å²) in [5.74, 6) is 0.172. The Morgan fingerprint density at radius 1 is 1.09 bits per heavy atom. The standard InChI is InChI=1S/C25H30N4O3S/c1-19-11-13-20(14-12-19)18-29-24(15-16-26-29)27-25(30)21-7-6-10-23(17-21)33(31,32)28(2)22-8-4-3-5-9-22/h6-7,10-17,22H,3-5,8-9,18H2,1-2H3,(H,27,30). The third-order valence-electron chi connectivity index (χ3n) is 6.27. The minimum Gasteiger partial charge on any atom is -0.307 e. The molecule has 0 radical (unpaired) electrons. The molecule has 0 saturated heterocycles. The molecule has 0 unspecified atom stereocenters. The number of benzene rings is 2. The Morgan fingerprint density at radius 3 is 2.55 bits per heavy atom. The number of amides is 1. The molecule has 0 atom stereocenters. The van der Waals surface area contributed by atoms with Crippen LogP contribution in [-0.4, -0.2) is 41.5 Å². The zero-order chi connectivity index (χ0) is 23.4. The first-order valence-corrected chi connectivity index (χ1v) is 12.8. The van der Waals surface area contributed by atoms with Gasteiger partial charge in [-0.05, 0) is 43.5 Å². The molecule has 174 valence electrons. The van der Waals surface area contributed by atoms with Crippen molar-refractivity contribution in [2.75, 3.05) is 12.4 Å². The van der Waals surface area contributed by atoms with Gasteiger partial charge in [-0.2, -0.15) is 9.40 Å². The molecule has 4 rings (SSSR count). The molecule has 3 aromatic rings. The summed E-state index contributed by atoms with van der Waals surface area (Å²) < 4.78 is 29.5. The van der Waals surface area contributed by atoms with Gasteiger partial charge in [-0.1, -0.05) is 55.2 Å². The summed E-state index contributed by atoms with van der Waals surface area (Å²) in [6.45, 7) is 2.55. The summed E-state index contributed by atoms with van der Waals surface area (Å²) in [6.07, 6.45) is 6.62. The monoisotopic (exact) mass is 466 g/mol. The number of anilines is 1. The Bertz CT molecular complexity index is 1210. The molecule has 1 saturated carbocycles. The normalized spacial score (nSPS) is 15.0. The molecule has 1 amide bonds. The van der Waals surface area contributed by atoms with Crippen LogP contribution < -0.4 is 5.32 Å². The molecular formula is C25H30N4O3S. The van der Waals surface area contributed by atoms with Crippen molar-refractivity contribution >= 4 is 21.7 Å². The third kappa shape index (κ3) is 5.34. The van der Waals surface area contributed by atoms with Crippen LogP contribution in [0.4, 0.5) is 5.82 Å². The van der Waals surface area contributed by atoms with Gasteiger partial charge in [0.15, 0.2) is 0 Å². The molecule has 1 heterocycles. The van der Waals surface area contributed by atoms with Crippen molar-refractivity contribution in [3.05, 3.63) is 77.5 Å². The summed E-state index contributed by atoms with van der Waals surface area (Å²) in [4.78, 5) is 13.1. The fourth-order valence-corrected chi connectivity index (χ4v) is 5.69. The van der Waals surface area contributed by atoms with E-state index < -0.39 is 10.0 Å². The molecule has 8 heteroatoms. The Labute approximate surface area is 195 Å². The Kier molecular flexibility index (Phi) is 6.95. The average molecular weight is 467 g/mol. The predicted octanol–water partition coefficient (Wildman–Crippen LogP) is 4.45. The second-order valence-corrected chi connectivity index (χ2v) is 10.7. The maximum atomic E-state index is 13.2. The number of hydrogen-bond acceptors (Lipinski definition) is 4. The number of nitrogens with one attached hydrogen (secondary N) is 1. The van der Waals surface area contributed by atoms with Gasteiger partial charge in [-0.3, -0.25) is 4.79 Å². The third-order valence-corrected chi connectivity index (χ3v) is 8.18. The molecule has 2 aromatic carbocycles. The number of hydrogen-bond donors (Lipinski definition) is 1. The predicted molar refractivity (Wildman–Crippen MR) is 129 cm³/mol. The van der Waals surface area contributed by atoms with E-state index in [0.29, 0.717) is 12.4 Å². The van der Waals surface area contributed by atoms with E-state index in [2.05, 4.69) is 10.4 Å². The summed E-state index contributed by atoms with van der Waals surface area (Å²) in [7, 11) is -2.03. The highest BCUT2D eigenvalue weighted by molar-refractivity contribution is 7.89. The Morgan fingerprint density at radius 2 is 1.82 bits per heavy atom. The van der Waals surface area contributed by atoms with E-state index in [9.17, 15) is 13.2 Å². The van der Waals surface area contributed by atoms with Crippen LogP contribution in [0.2, 0.25) is 0 Å². The summed E-state index contributed by atoms with van der Waals surface area (Å²) >= 11 is 0. The van der Waals surface area contributed by atoms with E-state index in [1.807, 2.05) is 31.2 Å².